The number of phosphoric acid groups is 3. The second kappa shape index (κ2) is 13.7. The number of anilines is 1. The van der Waals surface area contributed by atoms with Gasteiger partial charge in [0, 0.05) is 6.20 Å². The van der Waals surface area contributed by atoms with E-state index < -0.39 is 60.3 Å². The molecule has 0 radical (unpaired) electrons. The minimum Gasteiger partial charge on any atom is -0.387 e. The Labute approximate surface area is 242 Å². The van der Waals surface area contributed by atoms with Gasteiger partial charge in [0.05, 0.1) is 13.2 Å². The van der Waals surface area contributed by atoms with Crippen LogP contribution in [0.2, 0.25) is 0 Å². The van der Waals surface area contributed by atoms with E-state index in [9.17, 15) is 38.5 Å². The molecule has 236 valence electrons. The van der Waals surface area contributed by atoms with Gasteiger partial charge in [-0.3, -0.25) is 13.9 Å². The first-order valence-electron chi connectivity index (χ1n) is 12.4. The third-order valence-corrected chi connectivity index (χ3v) is 9.76. The third kappa shape index (κ3) is 9.56. The van der Waals surface area contributed by atoms with Crippen molar-refractivity contribution in [3.8, 4) is 0 Å². The molecule has 2 aromatic carbocycles. The molecule has 0 amide bonds. The molecule has 1 aliphatic rings. The molecular formula is C22H28N3O15P3. The van der Waals surface area contributed by atoms with E-state index in [1.165, 1.54) is 12.3 Å². The summed E-state index contributed by atoms with van der Waals surface area (Å²) in [5.74, 6) is 0.0456. The number of aryl methyl sites for hydroxylation is 1. The van der Waals surface area contributed by atoms with Crippen molar-refractivity contribution < 1.29 is 66.2 Å². The first-order chi connectivity index (χ1) is 20.1. The molecule has 18 nitrogen and oxygen atoms in total. The molecule has 1 aliphatic heterocycles. The molecule has 2 unspecified atom stereocenters. The molecule has 0 spiro atoms. The van der Waals surface area contributed by atoms with Crippen LogP contribution in [0.25, 0.3) is 10.8 Å². The summed E-state index contributed by atoms with van der Waals surface area (Å²) in [4.78, 5) is 57.6. The number of aliphatic hydroxyl groups excluding tert-OH is 2. The van der Waals surface area contributed by atoms with Crippen molar-refractivity contribution in [2.24, 2.45) is 0 Å². The molecule has 43 heavy (non-hydrogen) atoms. The molecular weight excluding hydrogens is 639 g/mol. The van der Waals surface area contributed by atoms with Gasteiger partial charge in [0.2, 0.25) is 0 Å². The standard InChI is InChI=1S/C22H28N3O15P3/c26-19-17(13-37-42(32,33)40-43(34,35)39-41(29,30)31)38-21(20(19)27)25-10-9-18(23-22(25)28)24-36-11-3-4-14-7-8-15-5-1-2-6-16(15)12-14/h1-2,5-10,12,17,19-21,26-27H,3-4,11,13H2,(H,32,33)(H,34,35)(H,23,24,28)(H2,29,30,31)/t17-,19-,20-,21-/m1/s1. The lowest BCUT2D eigenvalue weighted by Gasteiger charge is -2.19. The topological polar surface area (TPSA) is 266 Å². The molecule has 0 saturated carbocycles. The zero-order valence-corrected chi connectivity index (χ0v) is 24.6. The Bertz CT molecular complexity index is 1630. The van der Waals surface area contributed by atoms with Crippen molar-refractivity contribution >= 4 is 40.1 Å². The summed E-state index contributed by atoms with van der Waals surface area (Å²) >= 11 is 0. The highest BCUT2D eigenvalue weighted by Gasteiger charge is 2.46. The maximum Gasteiger partial charge on any atom is 0.490 e. The van der Waals surface area contributed by atoms with Gasteiger partial charge in [-0.1, -0.05) is 42.5 Å². The Morgan fingerprint density at radius 2 is 1.65 bits per heavy atom. The number of fused-ring (bicyclic) bond motifs is 1. The fourth-order valence-corrected chi connectivity index (χ4v) is 7.13. The fraction of sp³-hybridized carbons (Fsp3) is 0.364. The smallest absolute Gasteiger partial charge is 0.387 e. The highest BCUT2D eigenvalue weighted by atomic mass is 31.3. The predicted octanol–water partition coefficient (Wildman–Crippen LogP) is 1.34. The Kier molecular flexibility index (Phi) is 10.7. The van der Waals surface area contributed by atoms with E-state index >= 15 is 0 Å². The van der Waals surface area contributed by atoms with Crippen LogP contribution in [-0.2, 0) is 42.8 Å². The van der Waals surface area contributed by atoms with Crippen LogP contribution >= 0.6 is 23.5 Å². The SMILES string of the molecule is O=c1nc(NOCCCc2ccc3ccccc3c2)ccn1[C@@H]1O[C@H](COP(=O)(O)OP(=O)(O)OP(=O)(O)O)[C@@H](O)[C@H]1O. The molecule has 2 heterocycles. The molecule has 0 bridgehead atoms. The number of hydrogen-bond donors (Lipinski definition) is 7. The highest BCUT2D eigenvalue weighted by Crippen LogP contribution is 2.66. The van der Waals surface area contributed by atoms with Crippen molar-refractivity contribution in [1.29, 1.82) is 0 Å². The lowest BCUT2D eigenvalue weighted by Crippen LogP contribution is -2.36. The van der Waals surface area contributed by atoms with E-state index in [2.05, 4.69) is 29.7 Å². The first kappa shape index (κ1) is 33.5. The van der Waals surface area contributed by atoms with E-state index in [-0.39, 0.29) is 5.82 Å². The highest BCUT2D eigenvalue weighted by molar-refractivity contribution is 7.66. The molecule has 4 rings (SSSR count). The second-order valence-electron chi connectivity index (χ2n) is 9.17. The predicted molar refractivity (Wildman–Crippen MR) is 146 cm³/mol. The van der Waals surface area contributed by atoms with Crippen LogP contribution in [0.3, 0.4) is 0 Å². The summed E-state index contributed by atoms with van der Waals surface area (Å²) in [6, 6.07) is 15.5. The number of rotatable bonds is 14. The lowest BCUT2D eigenvalue weighted by atomic mass is 10.0. The van der Waals surface area contributed by atoms with Crippen LogP contribution in [0.1, 0.15) is 18.2 Å². The van der Waals surface area contributed by atoms with Crippen molar-refractivity contribution in [2.45, 2.75) is 37.4 Å². The zero-order valence-electron chi connectivity index (χ0n) is 21.9. The molecule has 3 aromatic rings. The van der Waals surface area contributed by atoms with Gasteiger partial charge in [0.1, 0.15) is 18.3 Å². The van der Waals surface area contributed by atoms with Crippen LogP contribution in [0, 0.1) is 0 Å². The van der Waals surface area contributed by atoms with E-state index in [1.54, 1.807) is 0 Å². The number of hydrogen-bond acceptors (Lipinski definition) is 13. The molecule has 21 heteroatoms. The first-order valence-corrected chi connectivity index (χ1v) is 16.9. The van der Waals surface area contributed by atoms with Gasteiger partial charge in [-0.05, 0) is 35.2 Å². The summed E-state index contributed by atoms with van der Waals surface area (Å²) in [6.45, 7) is -0.737. The number of nitrogens with one attached hydrogen (secondary N) is 1. The molecule has 1 saturated heterocycles. The summed E-state index contributed by atoms with van der Waals surface area (Å²) in [5, 5.41) is 22.9. The average Bonchev–Trinajstić information content (AvgIpc) is 3.18. The Hall–Kier alpha value is -2.37. The number of aliphatic hydroxyl groups is 2. The minimum absolute atomic E-state index is 0.0456. The minimum atomic E-state index is -5.75. The molecule has 1 aromatic heterocycles. The zero-order chi connectivity index (χ0) is 31.4. The molecule has 6 atom stereocenters. The van der Waals surface area contributed by atoms with E-state index in [0.717, 1.165) is 27.3 Å². The maximum atomic E-state index is 12.6. The maximum absolute atomic E-state index is 12.6. The summed E-state index contributed by atoms with van der Waals surface area (Å²) < 4.78 is 51.8. The fourth-order valence-electron chi connectivity index (χ4n) is 4.10. The number of benzene rings is 2. The van der Waals surface area contributed by atoms with Gasteiger partial charge in [0.15, 0.2) is 12.0 Å². The van der Waals surface area contributed by atoms with Crippen molar-refractivity contribution in [2.75, 3.05) is 18.7 Å². The largest absolute Gasteiger partial charge is 0.490 e. The van der Waals surface area contributed by atoms with E-state index in [4.69, 9.17) is 19.4 Å². The summed E-state index contributed by atoms with van der Waals surface area (Å²) in [6.07, 6.45) is -4.02. The summed E-state index contributed by atoms with van der Waals surface area (Å²) in [7, 11) is -16.8. The molecule has 0 aliphatic carbocycles. The van der Waals surface area contributed by atoms with Crippen molar-refractivity contribution in [3.63, 3.8) is 0 Å². The van der Waals surface area contributed by atoms with Gasteiger partial charge in [-0.15, -0.1) is 0 Å². The van der Waals surface area contributed by atoms with Gasteiger partial charge < -0.3 is 34.5 Å². The van der Waals surface area contributed by atoms with Gasteiger partial charge in [-0.25, -0.2) is 24.0 Å². The molecule has 7 N–H and O–H groups in total. The van der Waals surface area contributed by atoms with Crippen LogP contribution in [0.4, 0.5) is 5.82 Å². The monoisotopic (exact) mass is 667 g/mol. The number of nitrogens with zero attached hydrogens (tertiary/aromatic N) is 2. The average molecular weight is 667 g/mol. The van der Waals surface area contributed by atoms with E-state index in [1.807, 2.05) is 36.4 Å². The van der Waals surface area contributed by atoms with E-state index in [0.29, 0.717) is 13.0 Å². The second-order valence-corrected chi connectivity index (χ2v) is 13.6. The van der Waals surface area contributed by atoms with Crippen LogP contribution in [0.15, 0.2) is 59.5 Å². The Morgan fingerprint density at radius 3 is 2.35 bits per heavy atom. The quantitative estimate of drug-likeness (QED) is 0.0726. The number of ether oxygens (including phenoxy) is 1. The molecule has 1 fully saturated rings. The van der Waals surface area contributed by atoms with Gasteiger partial charge >= 0.3 is 29.2 Å². The normalized spacial score (nSPS) is 23.6. The third-order valence-electron chi connectivity index (χ3n) is 5.96. The van der Waals surface area contributed by atoms with Gasteiger partial charge in [-0.2, -0.15) is 13.6 Å². The van der Waals surface area contributed by atoms with Gasteiger partial charge in [0.25, 0.3) is 0 Å². The number of aromatic nitrogens is 2. The van der Waals surface area contributed by atoms with Crippen LogP contribution in [0.5, 0.6) is 0 Å². The van der Waals surface area contributed by atoms with Crippen LogP contribution < -0.4 is 11.2 Å². The number of phosphoric ester groups is 1. The lowest BCUT2D eigenvalue weighted by molar-refractivity contribution is -0.0541. The summed E-state index contributed by atoms with van der Waals surface area (Å²) in [5.41, 5.74) is 2.76. The van der Waals surface area contributed by atoms with Crippen molar-refractivity contribution in [1.82, 2.24) is 9.55 Å². The van der Waals surface area contributed by atoms with Crippen molar-refractivity contribution in [3.05, 3.63) is 70.8 Å². The Balaban J connectivity index is 1.26. The van der Waals surface area contributed by atoms with Crippen LogP contribution in [-0.4, -0.2) is 70.9 Å². The Morgan fingerprint density at radius 1 is 0.930 bits per heavy atom.